The zero-order valence-corrected chi connectivity index (χ0v) is 7.71. The van der Waals surface area contributed by atoms with E-state index in [2.05, 4.69) is 5.92 Å². The highest BCUT2D eigenvalue weighted by molar-refractivity contribution is 6.32. The molecule has 0 atom stereocenters. The van der Waals surface area contributed by atoms with E-state index in [-0.39, 0.29) is 13.2 Å². The fourth-order valence-electron chi connectivity index (χ4n) is 0.953. The molecule has 1 aromatic carbocycles. The van der Waals surface area contributed by atoms with E-state index in [0.717, 1.165) is 0 Å². The Morgan fingerprint density at radius 3 is 2.92 bits per heavy atom. The number of hydrogen-bond donors (Lipinski definition) is 1. The normalized spacial score (nSPS) is 9.31. The molecular weight excluding hydrogens is 188 g/mol. The highest BCUT2D eigenvalue weighted by Gasteiger charge is 2.06. The summed E-state index contributed by atoms with van der Waals surface area (Å²) >= 11 is 5.84. The minimum Gasteiger partial charge on any atom is -0.479 e. The standard InChI is InChI=1S/C10H9ClO2/c1-2-6-13-10-8(7-12)4-3-5-9(10)11/h1,3-5,12H,6-7H2. The second-order valence-corrected chi connectivity index (χ2v) is 2.79. The molecule has 0 radical (unpaired) electrons. The van der Waals surface area contributed by atoms with Gasteiger partial charge in [-0.25, -0.2) is 0 Å². The van der Waals surface area contributed by atoms with Crippen LogP contribution in [-0.2, 0) is 6.61 Å². The van der Waals surface area contributed by atoms with E-state index in [1.807, 2.05) is 0 Å². The number of ether oxygens (including phenoxy) is 1. The second-order valence-electron chi connectivity index (χ2n) is 2.38. The number of aliphatic hydroxyl groups excluding tert-OH is 1. The van der Waals surface area contributed by atoms with Gasteiger partial charge in [0.2, 0.25) is 0 Å². The predicted octanol–water partition coefficient (Wildman–Crippen LogP) is 1.84. The van der Waals surface area contributed by atoms with Gasteiger partial charge in [-0.3, -0.25) is 0 Å². The van der Waals surface area contributed by atoms with Crippen LogP contribution in [0.5, 0.6) is 5.75 Å². The van der Waals surface area contributed by atoms with Crippen molar-refractivity contribution >= 4 is 11.6 Å². The molecule has 68 valence electrons. The number of rotatable bonds is 3. The summed E-state index contributed by atoms with van der Waals surface area (Å²) in [5, 5.41) is 9.41. The topological polar surface area (TPSA) is 29.5 Å². The van der Waals surface area contributed by atoms with Crippen molar-refractivity contribution in [2.45, 2.75) is 6.61 Å². The van der Waals surface area contributed by atoms with Crippen molar-refractivity contribution in [1.29, 1.82) is 0 Å². The van der Waals surface area contributed by atoms with Gasteiger partial charge in [-0.05, 0) is 6.07 Å². The minimum absolute atomic E-state index is 0.111. The van der Waals surface area contributed by atoms with E-state index in [0.29, 0.717) is 16.3 Å². The van der Waals surface area contributed by atoms with E-state index in [1.54, 1.807) is 18.2 Å². The summed E-state index contributed by atoms with van der Waals surface area (Å²) in [6.45, 7) is 0.0389. The van der Waals surface area contributed by atoms with E-state index in [4.69, 9.17) is 27.9 Å². The van der Waals surface area contributed by atoms with Crippen molar-refractivity contribution in [1.82, 2.24) is 0 Å². The minimum atomic E-state index is -0.111. The third-order valence-electron chi connectivity index (χ3n) is 1.52. The molecule has 0 bridgehead atoms. The molecule has 13 heavy (non-hydrogen) atoms. The first-order chi connectivity index (χ1) is 6.29. The van der Waals surface area contributed by atoms with Crippen molar-refractivity contribution in [3.8, 4) is 18.1 Å². The Bertz CT molecular complexity index is 328. The molecule has 0 saturated carbocycles. The maximum absolute atomic E-state index is 8.95. The van der Waals surface area contributed by atoms with Crippen LogP contribution in [0, 0.1) is 12.3 Å². The van der Waals surface area contributed by atoms with E-state index in [9.17, 15) is 0 Å². The second kappa shape index (κ2) is 4.76. The van der Waals surface area contributed by atoms with Gasteiger partial charge in [0.25, 0.3) is 0 Å². The molecule has 0 heterocycles. The average Bonchev–Trinajstić information content (AvgIpc) is 2.15. The lowest BCUT2D eigenvalue weighted by Crippen LogP contribution is -1.98. The smallest absolute Gasteiger partial charge is 0.148 e. The molecule has 1 rings (SSSR count). The third-order valence-corrected chi connectivity index (χ3v) is 1.82. The number of para-hydroxylation sites is 1. The number of hydrogen-bond acceptors (Lipinski definition) is 2. The van der Waals surface area contributed by atoms with Gasteiger partial charge in [0.1, 0.15) is 12.4 Å². The van der Waals surface area contributed by atoms with Crippen LogP contribution in [-0.4, -0.2) is 11.7 Å². The highest BCUT2D eigenvalue weighted by atomic mass is 35.5. The predicted molar refractivity (Wildman–Crippen MR) is 51.7 cm³/mol. The lowest BCUT2D eigenvalue weighted by molar-refractivity contribution is 0.270. The third kappa shape index (κ3) is 2.38. The summed E-state index contributed by atoms with van der Waals surface area (Å²) in [6.07, 6.45) is 5.04. The van der Waals surface area contributed by atoms with Gasteiger partial charge in [0, 0.05) is 5.56 Å². The zero-order valence-electron chi connectivity index (χ0n) is 6.96. The summed E-state index contributed by atoms with van der Waals surface area (Å²) in [5.74, 6) is 2.79. The van der Waals surface area contributed by atoms with E-state index < -0.39 is 0 Å². The molecule has 1 aromatic rings. The maximum Gasteiger partial charge on any atom is 0.148 e. The molecule has 0 aliphatic rings. The monoisotopic (exact) mass is 196 g/mol. The number of benzene rings is 1. The molecule has 0 saturated heterocycles. The molecule has 0 amide bonds. The van der Waals surface area contributed by atoms with Crippen molar-refractivity contribution in [3.63, 3.8) is 0 Å². The molecule has 3 heteroatoms. The van der Waals surface area contributed by atoms with Crippen LogP contribution in [0.3, 0.4) is 0 Å². The summed E-state index contributed by atoms with van der Waals surface area (Å²) in [5.41, 5.74) is 0.641. The van der Waals surface area contributed by atoms with E-state index >= 15 is 0 Å². The average molecular weight is 197 g/mol. The molecule has 0 aliphatic heterocycles. The molecule has 0 unspecified atom stereocenters. The SMILES string of the molecule is C#CCOc1c(Cl)cccc1CO. The Hall–Kier alpha value is -1.17. The lowest BCUT2D eigenvalue weighted by Gasteiger charge is -2.08. The maximum atomic E-state index is 8.95. The molecule has 0 fully saturated rings. The molecule has 0 aliphatic carbocycles. The first-order valence-corrected chi connectivity index (χ1v) is 4.12. The van der Waals surface area contributed by atoms with Crippen molar-refractivity contribution < 1.29 is 9.84 Å². The van der Waals surface area contributed by atoms with Crippen LogP contribution in [0.2, 0.25) is 5.02 Å². The van der Waals surface area contributed by atoms with Gasteiger partial charge in [-0.15, -0.1) is 6.42 Å². The van der Waals surface area contributed by atoms with Crippen LogP contribution < -0.4 is 4.74 Å². The Morgan fingerprint density at radius 2 is 2.31 bits per heavy atom. The molecule has 0 aromatic heterocycles. The van der Waals surface area contributed by atoms with Crippen LogP contribution >= 0.6 is 11.6 Å². The van der Waals surface area contributed by atoms with Gasteiger partial charge < -0.3 is 9.84 Å². The molecule has 0 spiro atoms. The zero-order chi connectivity index (χ0) is 9.68. The van der Waals surface area contributed by atoms with Gasteiger partial charge >= 0.3 is 0 Å². The summed E-state index contributed by atoms with van der Waals surface area (Å²) in [7, 11) is 0. The lowest BCUT2D eigenvalue weighted by atomic mass is 10.2. The van der Waals surface area contributed by atoms with Crippen molar-refractivity contribution in [2.75, 3.05) is 6.61 Å². The fourth-order valence-corrected chi connectivity index (χ4v) is 1.20. The van der Waals surface area contributed by atoms with Crippen LogP contribution in [0.25, 0.3) is 0 Å². The first-order valence-electron chi connectivity index (χ1n) is 3.74. The van der Waals surface area contributed by atoms with Crippen LogP contribution in [0.4, 0.5) is 0 Å². The summed E-state index contributed by atoms with van der Waals surface area (Å²) in [6, 6.07) is 5.17. The van der Waals surface area contributed by atoms with Crippen molar-refractivity contribution in [3.05, 3.63) is 28.8 Å². The van der Waals surface area contributed by atoms with Crippen LogP contribution in [0.15, 0.2) is 18.2 Å². The Balaban J connectivity index is 2.95. The molecule has 1 N–H and O–H groups in total. The van der Waals surface area contributed by atoms with Crippen LogP contribution in [0.1, 0.15) is 5.56 Å². The molecule has 2 nitrogen and oxygen atoms in total. The Kier molecular flexibility index (Phi) is 3.63. The number of terminal acetylenes is 1. The van der Waals surface area contributed by atoms with Gasteiger partial charge in [-0.1, -0.05) is 29.7 Å². The number of aliphatic hydroxyl groups is 1. The van der Waals surface area contributed by atoms with Crippen molar-refractivity contribution in [2.24, 2.45) is 0 Å². The first kappa shape index (κ1) is 9.91. The van der Waals surface area contributed by atoms with Gasteiger partial charge in [0.05, 0.1) is 11.6 Å². The number of halogens is 1. The molecular formula is C10H9ClO2. The Labute approximate surface area is 82.1 Å². The Morgan fingerprint density at radius 1 is 1.54 bits per heavy atom. The quantitative estimate of drug-likeness (QED) is 0.748. The van der Waals surface area contributed by atoms with Gasteiger partial charge in [-0.2, -0.15) is 0 Å². The summed E-state index contributed by atoms with van der Waals surface area (Å²) < 4.78 is 5.18. The summed E-state index contributed by atoms with van der Waals surface area (Å²) in [4.78, 5) is 0. The fraction of sp³-hybridized carbons (Fsp3) is 0.200. The van der Waals surface area contributed by atoms with E-state index in [1.165, 1.54) is 0 Å². The highest BCUT2D eigenvalue weighted by Crippen LogP contribution is 2.28. The largest absolute Gasteiger partial charge is 0.479 e. The van der Waals surface area contributed by atoms with Gasteiger partial charge in [0.15, 0.2) is 0 Å².